The third-order valence-corrected chi connectivity index (χ3v) is 2.72. The topological polar surface area (TPSA) is 45.4 Å². The zero-order chi connectivity index (χ0) is 10.7. The van der Waals surface area contributed by atoms with Crippen molar-refractivity contribution in [2.75, 3.05) is 13.7 Å². The van der Waals surface area contributed by atoms with Crippen LogP contribution in [0.2, 0.25) is 0 Å². The van der Waals surface area contributed by atoms with Gasteiger partial charge < -0.3 is 4.74 Å². The minimum atomic E-state index is 0.472. The second-order valence-corrected chi connectivity index (χ2v) is 3.61. The summed E-state index contributed by atoms with van der Waals surface area (Å²) >= 11 is 0. The lowest BCUT2D eigenvalue weighted by molar-refractivity contribution is 0.414. The van der Waals surface area contributed by atoms with Gasteiger partial charge in [-0.05, 0) is 41.7 Å². The quantitative estimate of drug-likeness (QED) is 0.752. The Morgan fingerprint density at radius 3 is 3.07 bits per heavy atom. The number of fused-ring (bicyclic) bond motifs is 1. The summed E-state index contributed by atoms with van der Waals surface area (Å²) in [6.45, 7) is 0.472. The Balaban J connectivity index is 2.42. The van der Waals surface area contributed by atoms with E-state index >= 15 is 0 Å². The fourth-order valence-corrected chi connectivity index (χ4v) is 1.95. The molecular weight excluding hydrogens is 188 g/mol. The maximum Gasteiger partial charge on any atom is 0.119 e. The Bertz CT molecular complexity index is 410. The molecule has 0 saturated carbocycles. The highest BCUT2D eigenvalue weighted by Gasteiger charge is 2.12. The number of rotatable bonds is 3. The molecule has 3 nitrogen and oxygen atoms in total. The number of hydrogen-bond acceptors (Lipinski definition) is 3. The SMILES string of the molecule is COc1ccc2c(c1)C(CN=N)=CCC2. The average Bonchev–Trinajstić information content (AvgIpc) is 2.29. The van der Waals surface area contributed by atoms with Crippen LogP contribution in [0.1, 0.15) is 17.5 Å². The molecule has 0 amide bonds. The van der Waals surface area contributed by atoms with Crippen molar-refractivity contribution >= 4 is 5.57 Å². The monoisotopic (exact) mass is 202 g/mol. The first-order valence-corrected chi connectivity index (χ1v) is 5.04. The molecule has 1 N–H and O–H groups in total. The van der Waals surface area contributed by atoms with E-state index in [2.05, 4.69) is 17.3 Å². The Kier molecular flexibility index (Phi) is 2.81. The highest BCUT2D eigenvalue weighted by atomic mass is 16.5. The van der Waals surface area contributed by atoms with Crippen molar-refractivity contribution in [1.82, 2.24) is 0 Å². The number of hydrogen-bond donors (Lipinski definition) is 1. The smallest absolute Gasteiger partial charge is 0.119 e. The van der Waals surface area contributed by atoms with Gasteiger partial charge in [0.2, 0.25) is 0 Å². The molecule has 0 bridgehead atoms. The summed E-state index contributed by atoms with van der Waals surface area (Å²) in [6.07, 6.45) is 4.28. The molecular formula is C12H14N2O. The van der Waals surface area contributed by atoms with Crippen LogP contribution in [0, 0.1) is 5.53 Å². The molecule has 1 aromatic carbocycles. The lowest BCUT2D eigenvalue weighted by atomic mass is 9.91. The third kappa shape index (κ3) is 1.91. The minimum absolute atomic E-state index is 0.472. The number of methoxy groups -OCH3 is 1. The predicted molar refractivity (Wildman–Crippen MR) is 59.3 cm³/mol. The van der Waals surface area contributed by atoms with Gasteiger partial charge in [0.15, 0.2) is 0 Å². The maximum absolute atomic E-state index is 6.93. The lowest BCUT2D eigenvalue weighted by Gasteiger charge is -2.17. The summed E-state index contributed by atoms with van der Waals surface area (Å²) in [5, 5.41) is 3.45. The van der Waals surface area contributed by atoms with Crippen molar-refractivity contribution in [1.29, 1.82) is 5.53 Å². The van der Waals surface area contributed by atoms with Gasteiger partial charge in [-0.2, -0.15) is 5.11 Å². The van der Waals surface area contributed by atoms with Gasteiger partial charge >= 0.3 is 0 Å². The van der Waals surface area contributed by atoms with Crippen molar-refractivity contribution in [3.05, 3.63) is 35.4 Å². The van der Waals surface area contributed by atoms with Crippen LogP contribution in [0.3, 0.4) is 0 Å². The second-order valence-electron chi connectivity index (χ2n) is 3.61. The Morgan fingerprint density at radius 2 is 2.33 bits per heavy atom. The van der Waals surface area contributed by atoms with Crippen molar-refractivity contribution in [2.24, 2.45) is 5.11 Å². The van der Waals surface area contributed by atoms with E-state index in [1.54, 1.807) is 7.11 Å². The zero-order valence-electron chi connectivity index (χ0n) is 8.79. The van der Waals surface area contributed by atoms with E-state index in [0.717, 1.165) is 24.2 Å². The number of nitrogens with one attached hydrogen (secondary N) is 1. The molecule has 0 aliphatic heterocycles. The van der Waals surface area contributed by atoms with E-state index in [-0.39, 0.29) is 0 Å². The normalized spacial score (nSPS) is 14.1. The molecule has 15 heavy (non-hydrogen) atoms. The molecule has 1 aromatic rings. The van der Waals surface area contributed by atoms with Gasteiger partial charge in [0.1, 0.15) is 5.75 Å². The largest absolute Gasteiger partial charge is 0.497 e. The first kappa shape index (κ1) is 9.90. The van der Waals surface area contributed by atoms with Gasteiger partial charge in [-0.3, -0.25) is 0 Å². The van der Waals surface area contributed by atoms with Gasteiger partial charge in [-0.15, -0.1) is 0 Å². The van der Waals surface area contributed by atoms with Crippen molar-refractivity contribution in [3.63, 3.8) is 0 Å². The molecule has 3 heteroatoms. The summed E-state index contributed by atoms with van der Waals surface area (Å²) in [7, 11) is 1.67. The molecule has 1 aliphatic carbocycles. The fraction of sp³-hybridized carbons (Fsp3) is 0.333. The molecule has 0 fully saturated rings. The average molecular weight is 202 g/mol. The van der Waals surface area contributed by atoms with Crippen LogP contribution in [0.4, 0.5) is 0 Å². The van der Waals surface area contributed by atoms with Gasteiger partial charge in [-0.1, -0.05) is 12.1 Å². The first-order valence-electron chi connectivity index (χ1n) is 5.04. The standard InChI is InChI=1S/C12H14N2O/c1-15-11-6-5-9-3-2-4-10(8-14-13)12(9)7-11/h4-7,13H,2-3,8H2,1H3. The van der Waals surface area contributed by atoms with Crippen molar-refractivity contribution < 1.29 is 4.74 Å². The minimum Gasteiger partial charge on any atom is -0.497 e. The van der Waals surface area contributed by atoms with E-state index in [1.807, 2.05) is 12.1 Å². The molecule has 0 atom stereocenters. The number of allylic oxidation sites excluding steroid dienone is 1. The van der Waals surface area contributed by atoms with Gasteiger partial charge in [0, 0.05) is 0 Å². The van der Waals surface area contributed by atoms with Crippen LogP contribution in [-0.2, 0) is 6.42 Å². The van der Waals surface area contributed by atoms with Crippen molar-refractivity contribution in [3.8, 4) is 5.75 Å². The van der Waals surface area contributed by atoms with E-state index < -0.39 is 0 Å². The second kappa shape index (κ2) is 4.26. The fourth-order valence-electron chi connectivity index (χ4n) is 1.95. The molecule has 1 aliphatic rings. The Morgan fingerprint density at radius 1 is 1.47 bits per heavy atom. The van der Waals surface area contributed by atoms with Crippen LogP contribution in [-0.4, -0.2) is 13.7 Å². The maximum atomic E-state index is 6.93. The number of ether oxygens (including phenoxy) is 1. The van der Waals surface area contributed by atoms with Gasteiger partial charge in [0.25, 0.3) is 0 Å². The molecule has 0 unspecified atom stereocenters. The molecule has 78 valence electrons. The molecule has 0 aromatic heterocycles. The Labute approximate surface area is 89.3 Å². The van der Waals surface area contributed by atoms with E-state index in [0.29, 0.717) is 6.54 Å². The van der Waals surface area contributed by atoms with Crippen LogP contribution in [0.15, 0.2) is 29.4 Å². The Hall–Kier alpha value is -1.64. The third-order valence-electron chi connectivity index (χ3n) is 2.72. The van der Waals surface area contributed by atoms with Crippen molar-refractivity contribution in [2.45, 2.75) is 12.8 Å². The molecule has 0 heterocycles. The number of nitrogens with zero attached hydrogens (tertiary/aromatic N) is 1. The van der Waals surface area contributed by atoms with E-state index in [1.165, 1.54) is 11.1 Å². The molecule has 2 rings (SSSR count). The summed E-state index contributed by atoms with van der Waals surface area (Å²) in [5.41, 5.74) is 10.6. The van der Waals surface area contributed by atoms with Crippen LogP contribution >= 0.6 is 0 Å². The summed E-state index contributed by atoms with van der Waals surface area (Å²) < 4.78 is 5.20. The molecule has 0 saturated heterocycles. The number of benzene rings is 1. The van der Waals surface area contributed by atoms with Crippen LogP contribution < -0.4 is 4.74 Å². The van der Waals surface area contributed by atoms with Crippen LogP contribution in [0.5, 0.6) is 5.75 Å². The predicted octanol–water partition coefficient (Wildman–Crippen LogP) is 3.06. The highest BCUT2D eigenvalue weighted by Crippen LogP contribution is 2.29. The van der Waals surface area contributed by atoms with E-state index in [9.17, 15) is 0 Å². The lowest BCUT2D eigenvalue weighted by Crippen LogP contribution is -2.02. The summed E-state index contributed by atoms with van der Waals surface area (Å²) in [6, 6.07) is 6.12. The molecule has 0 spiro atoms. The highest BCUT2D eigenvalue weighted by molar-refractivity contribution is 5.72. The number of aryl methyl sites for hydroxylation is 1. The van der Waals surface area contributed by atoms with E-state index in [4.69, 9.17) is 10.3 Å². The first-order chi connectivity index (χ1) is 7.35. The zero-order valence-corrected chi connectivity index (χ0v) is 8.79. The van der Waals surface area contributed by atoms with Gasteiger partial charge in [0.05, 0.1) is 13.7 Å². The summed E-state index contributed by atoms with van der Waals surface area (Å²) in [5.74, 6) is 0.867. The van der Waals surface area contributed by atoms with Gasteiger partial charge in [-0.25, -0.2) is 5.53 Å². The summed E-state index contributed by atoms with van der Waals surface area (Å²) in [4.78, 5) is 0. The van der Waals surface area contributed by atoms with Crippen LogP contribution in [0.25, 0.3) is 5.57 Å². The molecule has 0 radical (unpaired) electrons.